The molecule has 1 aromatic carbocycles. The van der Waals surface area contributed by atoms with Crippen LogP contribution in [0, 0.1) is 17.5 Å². The van der Waals surface area contributed by atoms with E-state index in [1.54, 1.807) is 4.57 Å². The summed E-state index contributed by atoms with van der Waals surface area (Å²) in [6, 6.07) is 1.47. The lowest BCUT2D eigenvalue weighted by Gasteiger charge is -2.09. The first-order valence-electron chi connectivity index (χ1n) is 5.76. The molecule has 1 aliphatic carbocycles. The number of rotatable bonds is 3. The molecule has 19 heavy (non-hydrogen) atoms. The van der Waals surface area contributed by atoms with Gasteiger partial charge in [0.15, 0.2) is 5.82 Å². The molecule has 1 fully saturated rings. The molecule has 1 saturated carbocycles. The minimum Gasteiger partial charge on any atom is -0.307 e. The summed E-state index contributed by atoms with van der Waals surface area (Å²) in [4.78, 5) is 0. The third kappa shape index (κ3) is 2.16. The maximum atomic E-state index is 13.8. The van der Waals surface area contributed by atoms with Crippen LogP contribution in [-0.2, 0) is 5.33 Å². The van der Waals surface area contributed by atoms with Gasteiger partial charge >= 0.3 is 0 Å². The predicted octanol–water partition coefficient (Wildman–Crippen LogP) is 3.59. The van der Waals surface area contributed by atoms with Crippen molar-refractivity contribution in [3.63, 3.8) is 0 Å². The summed E-state index contributed by atoms with van der Waals surface area (Å²) in [5.74, 6) is -2.15. The second kappa shape index (κ2) is 4.63. The van der Waals surface area contributed by atoms with Gasteiger partial charge in [-0.3, -0.25) is 0 Å². The van der Waals surface area contributed by atoms with E-state index in [-0.39, 0.29) is 17.4 Å². The molecule has 0 N–H and O–H groups in total. The lowest BCUT2D eigenvalue weighted by molar-refractivity contribution is 0.544. The molecule has 0 radical (unpaired) electrons. The number of hydrogen-bond acceptors (Lipinski definition) is 2. The molecule has 0 unspecified atom stereocenters. The summed E-state index contributed by atoms with van der Waals surface area (Å²) in [5, 5.41) is 8.21. The Morgan fingerprint density at radius 3 is 2.32 bits per heavy atom. The average molecular weight is 332 g/mol. The Balaban J connectivity index is 2.20. The Kier molecular flexibility index (Phi) is 3.08. The number of hydrogen-bond donors (Lipinski definition) is 0. The van der Waals surface area contributed by atoms with Gasteiger partial charge in [-0.2, -0.15) is 0 Å². The minimum atomic E-state index is -0.965. The molecule has 0 atom stereocenters. The molecule has 100 valence electrons. The van der Waals surface area contributed by atoms with Crippen molar-refractivity contribution < 1.29 is 13.2 Å². The molecule has 2 aromatic rings. The second-order valence-electron chi connectivity index (χ2n) is 4.42. The first kappa shape index (κ1) is 12.7. The summed E-state index contributed by atoms with van der Waals surface area (Å²) in [7, 11) is 0. The summed E-state index contributed by atoms with van der Waals surface area (Å²) >= 11 is 3.27. The van der Waals surface area contributed by atoms with Crippen molar-refractivity contribution in [2.75, 3.05) is 0 Å². The molecule has 1 heterocycles. The molecule has 0 aliphatic heterocycles. The van der Waals surface area contributed by atoms with Gasteiger partial charge in [0, 0.05) is 18.2 Å². The quantitative estimate of drug-likeness (QED) is 0.804. The zero-order chi connectivity index (χ0) is 13.6. The summed E-state index contributed by atoms with van der Waals surface area (Å²) in [6.07, 6.45) is 1.85. The molecule has 0 bridgehead atoms. The topological polar surface area (TPSA) is 30.7 Å². The molecule has 1 aromatic heterocycles. The van der Waals surface area contributed by atoms with Crippen LogP contribution in [0.1, 0.15) is 24.7 Å². The van der Waals surface area contributed by atoms with Crippen molar-refractivity contribution in [1.82, 2.24) is 14.8 Å². The average Bonchev–Trinajstić information content (AvgIpc) is 3.09. The molecule has 3 nitrogen and oxygen atoms in total. The van der Waals surface area contributed by atoms with Crippen LogP contribution < -0.4 is 0 Å². The monoisotopic (exact) mass is 331 g/mol. The Labute approximate surface area is 115 Å². The first-order valence-corrected chi connectivity index (χ1v) is 6.88. The predicted molar refractivity (Wildman–Crippen MR) is 66.2 cm³/mol. The number of halogens is 4. The molecule has 7 heteroatoms. The van der Waals surface area contributed by atoms with Crippen LogP contribution in [0.5, 0.6) is 0 Å². The van der Waals surface area contributed by atoms with Gasteiger partial charge in [0.2, 0.25) is 0 Å². The lowest BCUT2D eigenvalue weighted by atomic mass is 10.1. The molecule has 0 spiro atoms. The van der Waals surface area contributed by atoms with Gasteiger partial charge in [-0.25, -0.2) is 13.2 Å². The van der Waals surface area contributed by atoms with E-state index in [0.717, 1.165) is 12.8 Å². The van der Waals surface area contributed by atoms with Gasteiger partial charge in [0.05, 0.1) is 10.9 Å². The molecule has 1 aliphatic rings. The van der Waals surface area contributed by atoms with Crippen LogP contribution in [0.15, 0.2) is 12.1 Å². The Morgan fingerprint density at radius 1 is 1.16 bits per heavy atom. The third-order valence-electron chi connectivity index (χ3n) is 3.03. The number of alkyl halides is 1. The maximum absolute atomic E-state index is 13.8. The maximum Gasteiger partial charge on any atom is 0.170 e. The van der Waals surface area contributed by atoms with Gasteiger partial charge in [-0.15, -0.1) is 10.2 Å². The number of aromatic nitrogens is 3. The fourth-order valence-electron chi connectivity index (χ4n) is 2.06. The first-order chi connectivity index (χ1) is 9.11. The fourth-order valence-corrected chi connectivity index (χ4v) is 2.44. The fraction of sp³-hybridized carbons (Fsp3) is 0.333. The SMILES string of the molecule is Fc1cc(F)c(-c2nnc(CBr)n2C2CC2)c(F)c1. The molecule has 0 amide bonds. The Morgan fingerprint density at radius 2 is 1.79 bits per heavy atom. The van der Waals surface area contributed by atoms with Crippen LogP contribution in [-0.4, -0.2) is 14.8 Å². The Bertz CT molecular complexity index is 614. The van der Waals surface area contributed by atoms with E-state index in [0.29, 0.717) is 23.3 Å². The summed E-state index contributed by atoms with van der Waals surface area (Å²) in [5.41, 5.74) is -0.326. The second-order valence-corrected chi connectivity index (χ2v) is 4.98. The van der Waals surface area contributed by atoms with Crippen LogP contribution in [0.3, 0.4) is 0 Å². The highest BCUT2D eigenvalue weighted by molar-refractivity contribution is 9.08. The van der Waals surface area contributed by atoms with Crippen LogP contribution in [0.2, 0.25) is 0 Å². The van der Waals surface area contributed by atoms with Gasteiger partial charge in [0.1, 0.15) is 23.3 Å². The van der Waals surface area contributed by atoms with E-state index in [1.165, 1.54) is 0 Å². The van der Waals surface area contributed by atoms with Gasteiger partial charge < -0.3 is 4.57 Å². The third-order valence-corrected chi connectivity index (χ3v) is 3.53. The minimum absolute atomic E-state index is 0.118. The standard InChI is InChI=1S/C12H9BrF3N3/c13-5-10-17-18-12(19(10)7-1-2-7)11-8(15)3-6(14)4-9(11)16/h3-4,7H,1-2,5H2. The van der Waals surface area contributed by atoms with E-state index >= 15 is 0 Å². The smallest absolute Gasteiger partial charge is 0.170 e. The van der Waals surface area contributed by atoms with Gasteiger partial charge in [0.25, 0.3) is 0 Å². The normalized spacial score (nSPS) is 14.9. The van der Waals surface area contributed by atoms with Crippen molar-refractivity contribution in [2.45, 2.75) is 24.2 Å². The highest BCUT2D eigenvalue weighted by Gasteiger charge is 2.31. The van der Waals surface area contributed by atoms with E-state index in [4.69, 9.17) is 0 Å². The molecular weight excluding hydrogens is 323 g/mol. The zero-order valence-corrected chi connectivity index (χ0v) is 11.3. The zero-order valence-electron chi connectivity index (χ0n) is 9.71. The molecular formula is C12H9BrF3N3. The number of benzene rings is 1. The van der Waals surface area contributed by atoms with Crippen molar-refractivity contribution in [3.05, 3.63) is 35.4 Å². The Hall–Kier alpha value is -1.37. The van der Waals surface area contributed by atoms with E-state index in [9.17, 15) is 13.2 Å². The highest BCUT2D eigenvalue weighted by atomic mass is 79.9. The number of nitrogens with zero attached hydrogens (tertiary/aromatic N) is 3. The largest absolute Gasteiger partial charge is 0.307 e. The van der Waals surface area contributed by atoms with Crippen LogP contribution in [0.4, 0.5) is 13.2 Å². The summed E-state index contributed by atoms with van der Waals surface area (Å²) in [6.45, 7) is 0. The van der Waals surface area contributed by atoms with E-state index in [2.05, 4.69) is 26.1 Å². The molecule has 3 rings (SSSR count). The molecule has 0 saturated heterocycles. The van der Waals surface area contributed by atoms with Crippen LogP contribution >= 0.6 is 15.9 Å². The highest BCUT2D eigenvalue weighted by Crippen LogP contribution is 2.40. The van der Waals surface area contributed by atoms with Crippen molar-refractivity contribution in [2.24, 2.45) is 0 Å². The summed E-state index contributed by atoms with van der Waals surface area (Å²) < 4.78 is 42.3. The van der Waals surface area contributed by atoms with Crippen molar-refractivity contribution in [1.29, 1.82) is 0 Å². The van der Waals surface area contributed by atoms with E-state index in [1.807, 2.05) is 0 Å². The van der Waals surface area contributed by atoms with Crippen molar-refractivity contribution in [3.8, 4) is 11.4 Å². The van der Waals surface area contributed by atoms with Gasteiger partial charge in [-0.05, 0) is 12.8 Å². The lowest BCUT2D eigenvalue weighted by Crippen LogP contribution is -2.04. The van der Waals surface area contributed by atoms with Crippen molar-refractivity contribution >= 4 is 15.9 Å². The van der Waals surface area contributed by atoms with Crippen LogP contribution in [0.25, 0.3) is 11.4 Å². The van der Waals surface area contributed by atoms with E-state index < -0.39 is 17.5 Å². The van der Waals surface area contributed by atoms with Gasteiger partial charge in [-0.1, -0.05) is 15.9 Å².